The monoisotopic (exact) mass is 463 g/mol. The Balaban J connectivity index is 1.32. The second-order valence-corrected chi connectivity index (χ2v) is 9.29. The second-order valence-electron chi connectivity index (χ2n) is 8.91. The summed E-state index contributed by atoms with van der Waals surface area (Å²) >= 11 is 6.29. The van der Waals surface area contributed by atoms with Gasteiger partial charge >= 0.3 is 0 Å². The van der Waals surface area contributed by atoms with E-state index in [-0.39, 0.29) is 28.6 Å². The lowest BCUT2D eigenvalue weighted by atomic mass is 9.94. The van der Waals surface area contributed by atoms with Gasteiger partial charge in [-0.25, -0.2) is 0 Å². The Hall–Kier alpha value is -3.12. The number of hydrogen-bond acceptors (Lipinski definition) is 4. The van der Waals surface area contributed by atoms with E-state index in [0.717, 1.165) is 38.5 Å². The molecule has 170 valence electrons. The van der Waals surface area contributed by atoms with Crippen molar-refractivity contribution in [2.24, 2.45) is 0 Å². The van der Waals surface area contributed by atoms with Gasteiger partial charge in [0, 0.05) is 30.4 Å². The zero-order valence-electron chi connectivity index (χ0n) is 18.4. The lowest BCUT2D eigenvalue weighted by Gasteiger charge is -2.29. The average Bonchev–Trinajstić information content (AvgIpc) is 3.07. The standard InChI is InChI=1S/C26H26ClN3O3/c27-22-23(26(33)30(25(22)32)21-11-2-1-3-12-21)28-20-10-6-9-18(15-20)24(31)29-14-13-17-7-4-5-8-19(17)16-29/h4-10,15,21,28H,1-3,11-14,16H2. The first-order chi connectivity index (χ1) is 16.0. The zero-order chi connectivity index (χ0) is 22.9. The fraction of sp³-hybridized carbons (Fsp3) is 0.346. The lowest BCUT2D eigenvalue weighted by molar-refractivity contribution is -0.140. The Labute approximate surface area is 198 Å². The number of imide groups is 1. The molecule has 1 saturated carbocycles. The number of benzene rings is 2. The number of amides is 3. The van der Waals surface area contributed by atoms with E-state index in [2.05, 4.69) is 17.4 Å². The quantitative estimate of drug-likeness (QED) is 0.680. The molecular weight excluding hydrogens is 438 g/mol. The van der Waals surface area contributed by atoms with Crippen LogP contribution < -0.4 is 5.32 Å². The van der Waals surface area contributed by atoms with Gasteiger partial charge in [0.2, 0.25) is 0 Å². The average molecular weight is 464 g/mol. The first-order valence-corrected chi connectivity index (χ1v) is 11.9. The number of carbonyl (C=O) groups is 3. The summed E-state index contributed by atoms with van der Waals surface area (Å²) in [4.78, 5) is 42.1. The van der Waals surface area contributed by atoms with Crippen molar-refractivity contribution < 1.29 is 14.4 Å². The van der Waals surface area contributed by atoms with Gasteiger partial charge in [0.05, 0.1) is 0 Å². The first-order valence-electron chi connectivity index (χ1n) is 11.5. The van der Waals surface area contributed by atoms with E-state index >= 15 is 0 Å². The highest BCUT2D eigenvalue weighted by atomic mass is 35.5. The number of halogens is 1. The van der Waals surface area contributed by atoms with Crippen molar-refractivity contribution in [1.29, 1.82) is 0 Å². The minimum absolute atomic E-state index is 0.0640. The lowest BCUT2D eigenvalue weighted by Crippen LogP contribution is -2.42. The molecule has 33 heavy (non-hydrogen) atoms. The Kier molecular flexibility index (Phi) is 5.94. The molecule has 0 spiro atoms. The highest BCUT2D eigenvalue weighted by Gasteiger charge is 2.42. The summed E-state index contributed by atoms with van der Waals surface area (Å²) in [6, 6.07) is 15.1. The predicted octanol–water partition coefficient (Wildman–Crippen LogP) is 4.45. The van der Waals surface area contributed by atoms with Crippen molar-refractivity contribution >= 4 is 35.0 Å². The summed E-state index contributed by atoms with van der Waals surface area (Å²) < 4.78 is 0. The van der Waals surface area contributed by atoms with E-state index in [1.165, 1.54) is 16.0 Å². The maximum absolute atomic E-state index is 13.2. The molecular formula is C26H26ClN3O3. The molecule has 0 bridgehead atoms. The Morgan fingerprint density at radius 3 is 2.48 bits per heavy atom. The minimum Gasteiger partial charge on any atom is -0.350 e. The largest absolute Gasteiger partial charge is 0.350 e. The third kappa shape index (κ3) is 4.15. The summed E-state index contributed by atoms with van der Waals surface area (Å²) in [6.45, 7) is 1.24. The van der Waals surface area contributed by atoms with Gasteiger partial charge in [0.15, 0.2) is 0 Å². The topological polar surface area (TPSA) is 69.7 Å². The number of hydrogen-bond donors (Lipinski definition) is 1. The van der Waals surface area contributed by atoms with Gasteiger partial charge in [-0.05, 0) is 48.6 Å². The molecule has 2 aromatic carbocycles. The number of fused-ring (bicyclic) bond motifs is 1. The summed E-state index contributed by atoms with van der Waals surface area (Å²) in [6.07, 6.45) is 5.61. The van der Waals surface area contributed by atoms with Crippen molar-refractivity contribution in [3.05, 3.63) is 76.0 Å². The zero-order valence-corrected chi connectivity index (χ0v) is 19.1. The van der Waals surface area contributed by atoms with E-state index < -0.39 is 5.91 Å². The van der Waals surface area contributed by atoms with Crippen molar-refractivity contribution in [3.8, 4) is 0 Å². The highest BCUT2D eigenvalue weighted by molar-refractivity contribution is 6.48. The second kappa shape index (κ2) is 9.02. The molecule has 1 fully saturated rings. The molecule has 5 rings (SSSR count). The Morgan fingerprint density at radius 2 is 1.70 bits per heavy atom. The van der Waals surface area contributed by atoms with Crippen LogP contribution in [-0.2, 0) is 22.6 Å². The van der Waals surface area contributed by atoms with Gasteiger partial charge in [-0.3, -0.25) is 19.3 Å². The molecule has 0 atom stereocenters. The summed E-state index contributed by atoms with van der Waals surface area (Å²) in [5, 5.41) is 2.93. The van der Waals surface area contributed by atoms with Crippen LogP contribution in [0.5, 0.6) is 0 Å². The van der Waals surface area contributed by atoms with Crippen LogP contribution in [0, 0.1) is 0 Å². The van der Waals surface area contributed by atoms with Crippen LogP contribution in [0.4, 0.5) is 5.69 Å². The van der Waals surface area contributed by atoms with Gasteiger partial charge in [-0.15, -0.1) is 0 Å². The molecule has 2 aromatic rings. The maximum Gasteiger partial charge on any atom is 0.279 e. The number of rotatable bonds is 4. The van der Waals surface area contributed by atoms with Gasteiger partial charge in [0.1, 0.15) is 10.7 Å². The van der Waals surface area contributed by atoms with Crippen molar-refractivity contribution in [3.63, 3.8) is 0 Å². The van der Waals surface area contributed by atoms with Crippen molar-refractivity contribution in [2.75, 3.05) is 11.9 Å². The molecule has 1 N–H and O–H groups in total. The molecule has 3 aliphatic rings. The molecule has 0 saturated heterocycles. The molecule has 1 aliphatic carbocycles. The van der Waals surface area contributed by atoms with Crippen LogP contribution in [0.1, 0.15) is 53.6 Å². The van der Waals surface area contributed by atoms with Crippen molar-refractivity contribution in [2.45, 2.75) is 51.1 Å². The van der Waals surface area contributed by atoms with Gasteiger partial charge in [-0.2, -0.15) is 0 Å². The van der Waals surface area contributed by atoms with Crippen LogP contribution in [0.15, 0.2) is 59.3 Å². The van der Waals surface area contributed by atoms with Gasteiger partial charge in [0.25, 0.3) is 17.7 Å². The van der Waals surface area contributed by atoms with E-state index in [0.29, 0.717) is 24.3 Å². The van der Waals surface area contributed by atoms with Crippen LogP contribution in [-0.4, -0.2) is 40.1 Å². The molecule has 0 aromatic heterocycles. The SMILES string of the molecule is O=C(c1cccc(NC2=C(Cl)C(=O)N(C3CCCCC3)C2=O)c1)N1CCc2ccccc2C1. The van der Waals surface area contributed by atoms with Crippen LogP contribution >= 0.6 is 11.6 Å². The number of anilines is 1. The number of nitrogens with zero attached hydrogens (tertiary/aromatic N) is 2. The molecule has 2 aliphatic heterocycles. The van der Waals surface area contributed by atoms with Crippen LogP contribution in [0.25, 0.3) is 0 Å². The summed E-state index contributed by atoms with van der Waals surface area (Å²) in [5.41, 5.74) is 3.62. The molecule has 0 radical (unpaired) electrons. The molecule has 0 unspecified atom stereocenters. The smallest absolute Gasteiger partial charge is 0.279 e. The fourth-order valence-electron chi connectivity index (χ4n) is 5.02. The highest BCUT2D eigenvalue weighted by Crippen LogP contribution is 2.32. The van der Waals surface area contributed by atoms with E-state index in [1.807, 2.05) is 17.0 Å². The van der Waals surface area contributed by atoms with Crippen LogP contribution in [0.3, 0.4) is 0 Å². The Morgan fingerprint density at radius 1 is 0.939 bits per heavy atom. The fourth-order valence-corrected chi connectivity index (χ4v) is 5.24. The van der Waals surface area contributed by atoms with E-state index in [1.54, 1.807) is 24.3 Å². The maximum atomic E-state index is 13.2. The van der Waals surface area contributed by atoms with E-state index in [9.17, 15) is 14.4 Å². The Bertz CT molecular complexity index is 1150. The molecule has 7 heteroatoms. The molecule has 6 nitrogen and oxygen atoms in total. The third-order valence-electron chi connectivity index (χ3n) is 6.80. The van der Waals surface area contributed by atoms with Gasteiger partial charge < -0.3 is 10.2 Å². The van der Waals surface area contributed by atoms with Gasteiger partial charge in [-0.1, -0.05) is 61.2 Å². The van der Waals surface area contributed by atoms with Crippen LogP contribution in [0.2, 0.25) is 0 Å². The normalized spacial score (nSPS) is 19.2. The number of carbonyl (C=O) groups excluding carboxylic acids is 3. The van der Waals surface area contributed by atoms with Crippen molar-refractivity contribution in [1.82, 2.24) is 9.80 Å². The number of nitrogens with one attached hydrogen (secondary N) is 1. The predicted molar refractivity (Wildman–Crippen MR) is 127 cm³/mol. The first kappa shape index (κ1) is 21.7. The third-order valence-corrected chi connectivity index (χ3v) is 7.15. The summed E-state index contributed by atoms with van der Waals surface area (Å²) in [5.74, 6) is -0.887. The van der Waals surface area contributed by atoms with E-state index in [4.69, 9.17) is 11.6 Å². The summed E-state index contributed by atoms with van der Waals surface area (Å²) in [7, 11) is 0. The molecule has 3 amide bonds. The molecule has 2 heterocycles. The minimum atomic E-state index is -0.435.